The first-order valence-corrected chi connectivity index (χ1v) is 9.92. The molecule has 0 spiro atoms. The molecule has 0 aromatic heterocycles. The van der Waals surface area contributed by atoms with Crippen LogP contribution in [0.25, 0.3) is 0 Å². The second-order valence-corrected chi connectivity index (χ2v) is 6.90. The zero-order valence-corrected chi connectivity index (χ0v) is 20.8. The highest BCUT2D eigenvalue weighted by molar-refractivity contribution is 14.0. The molecule has 1 aliphatic rings. The fourth-order valence-electron chi connectivity index (χ4n) is 3.32. The smallest absolute Gasteiger partial charge is 0.390 e. The Balaban J connectivity index is 0.00000480. The van der Waals surface area contributed by atoms with Crippen LogP contribution >= 0.6 is 24.0 Å². The van der Waals surface area contributed by atoms with Gasteiger partial charge in [0, 0.05) is 39.3 Å². The maximum atomic E-state index is 12.4. The number of benzene rings is 1. The van der Waals surface area contributed by atoms with E-state index in [0.29, 0.717) is 49.4 Å². The van der Waals surface area contributed by atoms with Crippen molar-refractivity contribution in [3.05, 3.63) is 17.7 Å². The molecule has 7 nitrogen and oxygen atoms in total. The van der Waals surface area contributed by atoms with Gasteiger partial charge in [0.25, 0.3) is 0 Å². The highest BCUT2D eigenvalue weighted by Gasteiger charge is 2.27. The molecule has 178 valence electrons. The van der Waals surface area contributed by atoms with Gasteiger partial charge in [0.05, 0.1) is 34.3 Å². The van der Waals surface area contributed by atoms with Crippen molar-refractivity contribution in [3.63, 3.8) is 0 Å². The van der Waals surface area contributed by atoms with Crippen LogP contribution < -0.4 is 19.5 Å². The Morgan fingerprint density at radius 3 is 2.06 bits per heavy atom. The van der Waals surface area contributed by atoms with Gasteiger partial charge in [-0.1, -0.05) is 0 Å². The molecule has 31 heavy (non-hydrogen) atoms. The quantitative estimate of drug-likeness (QED) is 0.299. The minimum atomic E-state index is -4.19. The molecule has 0 unspecified atom stereocenters. The minimum Gasteiger partial charge on any atom is -0.493 e. The number of alkyl halides is 3. The van der Waals surface area contributed by atoms with Gasteiger partial charge < -0.3 is 24.4 Å². The summed E-state index contributed by atoms with van der Waals surface area (Å²) >= 11 is 0. The molecule has 1 N–H and O–H groups in total. The molecule has 1 aromatic rings. The summed E-state index contributed by atoms with van der Waals surface area (Å²) in [6, 6.07) is 3.85. The summed E-state index contributed by atoms with van der Waals surface area (Å²) in [5, 5.41) is 3.09. The molecule has 1 fully saturated rings. The van der Waals surface area contributed by atoms with Crippen LogP contribution in [-0.2, 0) is 6.54 Å². The number of methoxy groups -OCH3 is 3. The van der Waals surface area contributed by atoms with E-state index in [4.69, 9.17) is 14.2 Å². The second-order valence-electron chi connectivity index (χ2n) is 6.90. The predicted octanol–water partition coefficient (Wildman–Crippen LogP) is 3.37. The highest BCUT2D eigenvalue weighted by Crippen LogP contribution is 2.38. The van der Waals surface area contributed by atoms with Crippen LogP contribution in [0.5, 0.6) is 17.2 Å². The molecule has 0 aliphatic carbocycles. The number of ether oxygens (including phenoxy) is 3. The maximum Gasteiger partial charge on any atom is 0.390 e. The number of hydrogen-bond donors (Lipinski definition) is 1. The second kappa shape index (κ2) is 13.0. The van der Waals surface area contributed by atoms with E-state index in [1.165, 1.54) is 0 Å². The summed E-state index contributed by atoms with van der Waals surface area (Å²) in [6.07, 6.45) is -5.11. The van der Waals surface area contributed by atoms with E-state index in [1.54, 1.807) is 21.3 Å². The largest absolute Gasteiger partial charge is 0.493 e. The Morgan fingerprint density at radius 1 is 1.03 bits per heavy atom. The fourth-order valence-corrected chi connectivity index (χ4v) is 3.32. The third-order valence-corrected chi connectivity index (χ3v) is 4.79. The lowest BCUT2D eigenvalue weighted by molar-refractivity contribution is -0.132. The molecule has 0 radical (unpaired) electrons. The number of nitrogens with zero attached hydrogens (tertiary/aromatic N) is 3. The van der Waals surface area contributed by atoms with Gasteiger partial charge in [-0.05, 0) is 24.6 Å². The van der Waals surface area contributed by atoms with Gasteiger partial charge in [0.15, 0.2) is 17.5 Å². The average Bonchev–Trinajstić information content (AvgIpc) is 2.72. The standard InChI is InChI=1S/C20H31F3N4O3.HI/c1-5-24-19(25-7-6-20(21,22)23)27-10-8-26(9-11-27)14-15-12-16(28-2)18(30-4)17(13-15)29-3;/h12-13H,5-11,14H2,1-4H3,(H,24,25);1H. The van der Waals surface area contributed by atoms with E-state index in [-0.39, 0.29) is 30.5 Å². The monoisotopic (exact) mass is 560 g/mol. The van der Waals surface area contributed by atoms with E-state index in [2.05, 4.69) is 15.2 Å². The van der Waals surface area contributed by atoms with Crippen molar-refractivity contribution in [2.24, 2.45) is 4.99 Å². The lowest BCUT2D eigenvalue weighted by atomic mass is 10.1. The van der Waals surface area contributed by atoms with Gasteiger partial charge >= 0.3 is 6.18 Å². The van der Waals surface area contributed by atoms with Crippen molar-refractivity contribution in [3.8, 4) is 17.2 Å². The summed E-state index contributed by atoms with van der Waals surface area (Å²) in [5.74, 6) is 2.31. The zero-order chi connectivity index (χ0) is 22.1. The average molecular weight is 560 g/mol. The number of piperazine rings is 1. The highest BCUT2D eigenvalue weighted by atomic mass is 127. The van der Waals surface area contributed by atoms with Crippen molar-refractivity contribution in [1.29, 1.82) is 0 Å². The van der Waals surface area contributed by atoms with Crippen molar-refractivity contribution in [2.75, 3.05) is 60.6 Å². The van der Waals surface area contributed by atoms with Crippen LogP contribution in [0, 0.1) is 0 Å². The van der Waals surface area contributed by atoms with Gasteiger partial charge in [-0.2, -0.15) is 13.2 Å². The van der Waals surface area contributed by atoms with E-state index >= 15 is 0 Å². The van der Waals surface area contributed by atoms with Gasteiger partial charge in [-0.15, -0.1) is 24.0 Å². The molecular formula is C20H32F3IN4O3. The van der Waals surface area contributed by atoms with E-state index in [0.717, 1.165) is 18.7 Å². The molecule has 1 aromatic carbocycles. The third-order valence-electron chi connectivity index (χ3n) is 4.79. The summed E-state index contributed by atoms with van der Waals surface area (Å²) in [5.41, 5.74) is 1.03. The van der Waals surface area contributed by atoms with Crippen LogP contribution in [0.1, 0.15) is 18.9 Å². The molecule has 1 heterocycles. The predicted molar refractivity (Wildman–Crippen MR) is 125 cm³/mol. The van der Waals surface area contributed by atoms with Crippen LogP contribution in [0.4, 0.5) is 13.2 Å². The SMILES string of the molecule is CCNC(=NCCC(F)(F)F)N1CCN(Cc2cc(OC)c(OC)c(OC)c2)CC1.I. The van der Waals surface area contributed by atoms with Gasteiger partial charge in [-0.25, -0.2) is 0 Å². The lowest BCUT2D eigenvalue weighted by Gasteiger charge is -2.36. The molecule has 0 atom stereocenters. The molecule has 0 bridgehead atoms. The van der Waals surface area contributed by atoms with Gasteiger partial charge in [-0.3, -0.25) is 9.89 Å². The van der Waals surface area contributed by atoms with Crippen molar-refractivity contribution >= 4 is 29.9 Å². The number of rotatable bonds is 8. The van der Waals surface area contributed by atoms with Crippen LogP contribution in [0.2, 0.25) is 0 Å². The Labute approximate surface area is 198 Å². The van der Waals surface area contributed by atoms with Crippen LogP contribution in [-0.4, -0.2) is 82.5 Å². The molecule has 1 aliphatic heterocycles. The van der Waals surface area contributed by atoms with Crippen molar-refractivity contribution in [2.45, 2.75) is 26.1 Å². The Kier molecular flexibility index (Phi) is 11.5. The molecule has 11 heteroatoms. The Hall–Kier alpha value is -1.63. The normalized spacial score (nSPS) is 15.3. The molecular weight excluding hydrogens is 528 g/mol. The minimum absolute atomic E-state index is 0. The lowest BCUT2D eigenvalue weighted by Crippen LogP contribution is -2.52. The number of halogens is 4. The number of hydrogen-bond acceptors (Lipinski definition) is 5. The topological polar surface area (TPSA) is 58.6 Å². The van der Waals surface area contributed by atoms with Crippen LogP contribution in [0.3, 0.4) is 0 Å². The number of aliphatic imine (C=N–C) groups is 1. The number of guanidine groups is 1. The Bertz CT molecular complexity index is 686. The molecule has 0 amide bonds. The summed E-state index contributed by atoms with van der Waals surface area (Å²) < 4.78 is 53.4. The summed E-state index contributed by atoms with van der Waals surface area (Å²) in [7, 11) is 4.73. The molecule has 2 rings (SSSR count). The first-order valence-electron chi connectivity index (χ1n) is 9.92. The van der Waals surface area contributed by atoms with E-state index in [9.17, 15) is 13.2 Å². The first kappa shape index (κ1) is 27.4. The van der Waals surface area contributed by atoms with Gasteiger partial charge in [0.1, 0.15) is 0 Å². The van der Waals surface area contributed by atoms with Crippen molar-refractivity contribution < 1.29 is 27.4 Å². The maximum absolute atomic E-state index is 12.4. The fraction of sp³-hybridized carbons (Fsp3) is 0.650. The third kappa shape index (κ3) is 8.43. The first-order chi connectivity index (χ1) is 14.3. The summed E-state index contributed by atoms with van der Waals surface area (Å²) in [4.78, 5) is 8.42. The summed E-state index contributed by atoms with van der Waals surface area (Å²) in [6.45, 7) is 5.84. The molecule has 0 saturated carbocycles. The number of nitrogens with one attached hydrogen (secondary N) is 1. The Morgan fingerprint density at radius 2 is 1.61 bits per heavy atom. The zero-order valence-electron chi connectivity index (χ0n) is 18.4. The van der Waals surface area contributed by atoms with E-state index in [1.807, 2.05) is 24.0 Å². The van der Waals surface area contributed by atoms with Crippen molar-refractivity contribution in [1.82, 2.24) is 15.1 Å². The van der Waals surface area contributed by atoms with Crippen LogP contribution in [0.15, 0.2) is 17.1 Å². The van der Waals surface area contributed by atoms with E-state index < -0.39 is 12.6 Å². The molecule has 1 saturated heterocycles. The van der Waals surface area contributed by atoms with Gasteiger partial charge in [0.2, 0.25) is 5.75 Å².